The van der Waals surface area contributed by atoms with E-state index in [9.17, 15) is 18.6 Å². The Labute approximate surface area is 178 Å². The molecule has 0 amide bonds. The summed E-state index contributed by atoms with van der Waals surface area (Å²) in [6, 6.07) is 11.4. The Hall–Kier alpha value is -1.64. The van der Waals surface area contributed by atoms with Gasteiger partial charge in [-0.05, 0) is 42.5 Å². The van der Waals surface area contributed by atoms with E-state index in [0.29, 0.717) is 12.0 Å². The van der Waals surface area contributed by atoms with E-state index in [0.717, 1.165) is 5.56 Å². The zero-order chi connectivity index (χ0) is 21.8. The van der Waals surface area contributed by atoms with Gasteiger partial charge in [-0.15, -0.1) is 0 Å². The molecule has 2 rings (SSSR count). The van der Waals surface area contributed by atoms with Gasteiger partial charge in [0.1, 0.15) is 5.75 Å². The molecule has 0 aliphatic heterocycles. The Balaban J connectivity index is 2.27. The average molecular weight is 441 g/mol. The number of benzene rings is 2. The average Bonchev–Trinajstić information content (AvgIpc) is 2.64. The Bertz CT molecular complexity index is 920. The van der Waals surface area contributed by atoms with E-state index < -0.39 is 22.2 Å². The van der Waals surface area contributed by atoms with E-state index in [1.165, 1.54) is 16.4 Å². The van der Waals surface area contributed by atoms with Gasteiger partial charge in [-0.25, -0.2) is 8.42 Å². The highest BCUT2D eigenvalue weighted by Gasteiger charge is 2.31. The monoisotopic (exact) mass is 440 g/mol. The molecule has 0 saturated carbocycles. The largest absolute Gasteiger partial charge is 0.506 e. The summed E-state index contributed by atoms with van der Waals surface area (Å²) in [5.74, 6) is -0.140. The number of rotatable bonds is 9. The molecule has 0 aliphatic carbocycles. The van der Waals surface area contributed by atoms with Crippen LogP contribution >= 0.6 is 11.6 Å². The van der Waals surface area contributed by atoms with Crippen LogP contribution in [0.1, 0.15) is 25.0 Å². The summed E-state index contributed by atoms with van der Waals surface area (Å²) in [4.78, 5) is 0.00443. The molecule has 0 saturated heterocycles. The summed E-state index contributed by atoms with van der Waals surface area (Å²) in [5, 5.41) is 20.3. The molecule has 0 spiro atoms. The first kappa shape index (κ1) is 23.6. The zero-order valence-electron chi connectivity index (χ0n) is 16.9. The first-order chi connectivity index (χ1) is 13.5. The number of aliphatic hydroxyl groups excluding tert-OH is 1. The SMILES string of the molecule is Cc1cc(O)c(Cl)cc1S(=O)(=O)N(CC(C)C)C[C@@H](O)[C@@H](N)Cc1ccccc1. The lowest BCUT2D eigenvalue weighted by Gasteiger charge is -2.29. The van der Waals surface area contributed by atoms with E-state index in [2.05, 4.69) is 0 Å². The molecule has 6 nitrogen and oxygen atoms in total. The lowest BCUT2D eigenvalue weighted by molar-refractivity contribution is 0.116. The molecule has 0 radical (unpaired) electrons. The van der Waals surface area contributed by atoms with Crippen molar-refractivity contribution in [1.82, 2.24) is 4.31 Å². The molecule has 0 unspecified atom stereocenters. The molecule has 0 aromatic heterocycles. The van der Waals surface area contributed by atoms with E-state index in [1.807, 2.05) is 44.2 Å². The third-order valence-electron chi connectivity index (χ3n) is 4.63. The van der Waals surface area contributed by atoms with Crippen molar-refractivity contribution in [1.29, 1.82) is 0 Å². The molecular weight excluding hydrogens is 412 g/mol. The Kier molecular flexibility index (Phi) is 8.08. The second kappa shape index (κ2) is 9.91. The van der Waals surface area contributed by atoms with Gasteiger partial charge in [-0.1, -0.05) is 55.8 Å². The second-order valence-corrected chi connectivity index (χ2v) is 10.0. The van der Waals surface area contributed by atoms with Crippen molar-refractivity contribution >= 4 is 21.6 Å². The quantitative estimate of drug-likeness (QED) is 0.556. The fraction of sp³-hybridized carbons (Fsp3) is 0.429. The maximum absolute atomic E-state index is 13.3. The maximum Gasteiger partial charge on any atom is 0.243 e. The van der Waals surface area contributed by atoms with Crippen LogP contribution in [0, 0.1) is 12.8 Å². The third kappa shape index (κ3) is 6.17. The summed E-state index contributed by atoms with van der Waals surface area (Å²) < 4.78 is 27.8. The van der Waals surface area contributed by atoms with E-state index in [1.54, 1.807) is 6.92 Å². The van der Waals surface area contributed by atoms with Gasteiger partial charge >= 0.3 is 0 Å². The lowest BCUT2D eigenvalue weighted by Crippen LogP contribution is -2.47. The van der Waals surface area contributed by atoms with Crippen LogP contribution in [0.2, 0.25) is 5.02 Å². The minimum atomic E-state index is -3.95. The number of nitrogens with zero attached hydrogens (tertiary/aromatic N) is 1. The number of hydrogen-bond donors (Lipinski definition) is 3. The predicted octanol–water partition coefficient (Wildman–Crippen LogP) is 2.93. The highest BCUT2D eigenvalue weighted by atomic mass is 35.5. The molecule has 0 heterocycles. The molecule has 4 N–H and O–H groups in total. The number of aromatic hydroxyl groups is 1. The van der Waals surface area contributed by atoms with Gasteiger partial charge in [0, 0.05) is 19.1 Å². The number of hydrogen-bond acceptors (Lipinski definition) is 5. The molecule has 0 fully saturated rings. The fourth-order valence-electron chi connectivity index (χ4n) is 3.11. The highest BCUT2D eigenvalue weighted by Crippen LogP contribution is 2.31. The predicted molar refractivity (Wildman–Crippen MR) is 116 cm³/mol. The van der Waals surface area contributed by atoms with Crippen LogP contribution in [0.3, 0.4) is 0 Å². The first-order valence-corrected chi connectivity index (χ1v) is 11.3. The minimum absolute atomic E-state index is 0.00443. The van der Waals surface area contributed by atoms with Crippen LogP contribution in [0.5, 0.6) is 5.75 Å². The normalized spacial score (nSPS) is 14.3. The van der Waals surface area contributed by atoms with Crippen LogP contribution < -0.4 is 5.73 Å². The molecule has 2 atom stereocenters. The molecule has 2 aromatic carbocycles. The molecular formula is C21H29ClN2O4S. The van der Waals surface area contributed by atoms with Crippen molar-refractivity contribution in [3.05, 3.63) is 58.6 Å². The van der Waals surface area contributed by atoms with Crippen molar-refractivity contribution in [2.75, 3.05) is 13.1 Å². The minimum Gasteiger partial charge on any atom is -0.506 e. The smallest absolute Gasteiger partial charge is 0.243 e. The number of phenols is 1. The molecule has 160 valence electrons. The third-order valence-corrected chi connectivity index (χ3v) is 6.91. The highest BCUT2D eigenvalue weighted by molar-refractivity contribution is 7.89. The molecule has 2 aromatic rings. The van der Waals surface area contributed by atoms with Gasteiger partial charge in [0.25, 0.3) is 0 Å². The van der Waals surface area contributed by atoms with Crippen molar-refractivity contribution < 1.29 is 18.6 Å². The van der Waals surface area contributed by atoms with Gasteiger partial charge in [-0.2, -0.15) is 4.31 Å². The number of nitrogens with two attached hydrogens (primary N) is 1. The molecule has 0 aliphatic rings. The first-order valence-electron chi connectivity index (χ1n) is 9.49. The van der Waals surface area contributed by atoms with Gasteiger partial charge < -0.3 is 15.9 Å². The van der Waals surface area contributed by atoms with E-state index in [-0.39, 0.29) is 34.7 Å². The Morgan fingerprint density at radius 2 is 1.76 bits per heavy atom. The van der Waals surface area contributed by atoms with Crippen molar-refractivity contribution in [2.24, 2.45) is 11.7 Å². The number of halogens is 1. The van der Waals surface area contributed by atoms with Gasteiger partial charge in [0.15, 0.2) is 0 Å². The van der Waals surface area contributed by atoms with Crippen LogP contribution in [-0.2, 0) is 16.4 Å². The summed E-state index contributed by atoms with van der Waals surface area (Å²) >= 11 is 5.95. The Morgan fingerprint density at radius 1 is 1.14 bits per heavy atom. The van der Waals surface area contributed by atoms with Gasteiger partial charge in [-0.3, -0.25) is 0 Å². The lowest BCUT2D eigenvalue weighted by atomic mass is 10.0. The maximum atomic E-state index is 13.3. The molecule has 29 heavy (non-hydrogen) atoms. The molecule has 8 heteroatoms. The van der Waals surface area contributed by atoms with E-state index >= 15 is 0 Å². The summed E-state index contributed by atoms with van der Waals surface area (Å²) in [5.41, 5.74) is 7.51. The number of sulfonamides is 1. The van der Waals surface area contributed by atoms with Crippen LogP contribution in [0.4, 0.5) is 0 Å². The topological polar surface area (TPSA) is 104 Å². The number of phenolic OH excluding ortho intramolecular Hbond substituents is 1. The van der Waals surface area contributed by atoms with Crippen molar-refractivity contribution in [3.63, 3.8) is 0 Å². The Morgan fingerprint density at radius 3 is 2.34 bits per heavy atom. The molecule has 0 bridgehead atoms. The van der Waals surface area contributed by atoms with Crippen molar-refractivity contribution in [2.45, 2.75) is 44.2 Å². The summed E-state index contributed by atoms with van der Waals surface area (Å²) in [7, 11) is -3.95. The number of aryl methyl sites for hydroxylation is 1. The second-order valence-electron chi connectivity index (χ2n) is 7.71. The van der Waals surface area contributed by atoms with Gasteiger partial charge in [0.05, 0.1) is 16.0 Å². The zero-order valence-corrected chi connectivity index (χ0v) is 18.5. The summed E-state index contributed by atoms with van der Waals surface area (Å²) in [6.07, 6.45) is -0.613. The van der Waals surface area contributed by atoms with Gasteiger partial charge in [0.2, 0.25) is 10.0 Å². The standard InChI is InChI=1S/C21H29ClN2O4S/c1-14(2)12-24(13-20(26)18(23)10-16-7-5-4-6-8-16)29(27,28)21-11-17(22)19(25)9-15(21)3/h4-9,11,14,18,20,25-26H,10,12-13,23H2,1-3H3/t18-,20+/m0/s1. The van der Waals surface area contributed by atoms with Crippen LogP contribution in [-0.4, -0.2) is 48.2 Å². The number of aliphatic hydroxyl groups is 1. The van der Waals surface area contributed by atoms with Crippen LogP contribution in [0.15, 0.2) is 47.4 Å². The van der Waals surface area contributed by atoms with Crippen LogP contribution in [0.25, 0.3) is 0 Å². The van der Waals surface area contributed by atoms with Crippen molar-refractivity contribution in [3.8, 4) is 5.75 Å². The van der Waals surface area contributed by atoms with E-state index in [4.69, 9.17) is 17.3 Å². The fourth-order valence-corrected chi connectivity index (χ4v) is 5.19. The summed E-state index contributed by atoms with van der Waals surface area (Å²) in [6.45, 7) is 5.47.